The van der Waals surface area contributed by atoms with Crippen molar-refractivity contribution in [1.29, 1.82) is 0 Å². The number of carbonyl (C=O) groups excluding carboxylic acids is 2. The summed E-state index contributed by atoms with van der Waals surface area (Å²) in [5.41, 5.74) is 1.95. The van der Waals surface area contributed by atoms with Crippen molar-refractivity contribution in [3.05, 3.63) is 60.7 Å². The first-order valence-electron chi connectivity index (χ1n) is 9.53. The lowest BCUT2D eigenvalue weighted by atomic mass is 10.1. The van der Waals surface area contributed by atoms with E-state index in [2.05, 4.69) is 11.9 Å². The van der Waals surface area contributed by atoms with Gasteiger partial charge >= 0.3 is 0 Å². The molecule has 1 N–H and O–H groups in total. The first-order valence-corrected chi connectivity index (χ1v) is 9.53. The first-order chi connectivity index (χ1) is 14.5. The molecule has 7 nitrogen and oxygen atoms in total. The van der Waals surface area contributed by atoms with Crippen LogP contribution in [-0.4, -0.2) is 38.7 Å². The van der Waals surface area contributed by atoms with Crippen LogP contribution in [-0.2, 0) is 9.59 Å². The molecule has 1 aliphatic heterocycles. The zero-order chi connectivity index (χ0) is 21.5. The summed E-state index contributed by atoms with van der Waals surface area (Å²) in [7, 11) is 1.57. The fourth-order valence-electron chi connectivity index (χ4n) is 3.03. The molecule has 1 aliphatic rings. The van der Waals surface area contributed by atoms with Crippen LogP contribution in [0, 0.1) is 0 Å². The number of rotatable bonds is 8. The zero-order valence-corrected chi connectivity index (χ0v) is 17.0. The van der Waals surface area contributed by atoms with Gasteiger partial charge in [0.15, 0.2) is 18.1 Å². The Morgan fingerprint density at radius 3 is 2.83 bits per heavy atom. The number of ether oxygens (including phenoxy) is 3. The quantitative estimate of drug-likeness (QED) is 0.533. The van der Waals surface area contributed by atoms with Gasteiger partial charge in [0, 0.05) is 18.3 Å². The fourth-order valence-corrected chi connectivity index (χ4v) is 3.03. The van der Waals surface area contributed by atoms with Gasteiger partial charge < -0.3 is 24.4 Å². The third-order valence-electron chi connectivity index (χ3n) is 4.40. The van der Waals surface area contributed by atoms with Crippen molar-refractivity contribution < 1.29 is 23.8 Å². The summed E-state index contributed by atoms with van der Waals surface area (Å²) in [4.78, 5) is 26.0. The molecule has 30 heavy (non-hydrogen) atoms. The molecule has 0 spiro atoms. The van der Waals surface area contributed by atoms with Gasteiger partial charge in [-0.3, -0.25) is 9.59 Å². The van der Waals surface area contributed by atoms with E-state index in [0.717, 1.165) is 5.56 Å². The zero-order valence-electron chi connectivity index (χ0n) is 17.0. The molecular formula is C23H24N2O5. The Bertz CT molecular complexity index is 984. The van der Waals surface area contributed by atoms with Gasteiger partial charge in [0.05, 0.1) is 19.4 Å². The highest BCUT2D eigenvalue weighted by molar-refractivity contribution is 6.03. The van der Waals surface area contributed by atoms with Gasteiger partial charge in [0.1, 0.15) is 5.75 Å². The molecule has 156 valence electrons. The van der Waals surface area contributed by atoms with Crippen molar-refractivity contribution in [1.82, 2.24) is 0 Å². The third kappa shape index (κ3) is 4.81. The summed E-state index contributed by atoms with van der Waals surface area (Å²) in [5.74, 6) is 1.38. The summed E-state index contributed by atoms with van der Waals surface area (Å²) in [6.45, 7) is 6.47. The van der Waals surface area contributed by atoms with Crippen molar-refractivity contribution in [2.24, 2.45) is 0 Å². The molecule has 0 radical (unpaired) electrons. The van der Waals surface area contributed by atoms with Crippen molar-refractivity contribution >= 4 is 29.3 Å². The van der Waals surface area contributed by atoms with Gasteiger partial charge in [-0.15, -0.1) is 6.58 Å². The number of hydrogen-bond donors (Lipinski definition) is 1. The van der Waals surface area contributed by atoms with Crippen molar-refractivity contribution in [3.8, 4) is 17.2 Å². The molecule has 0 aliphatic carbocycles. The largest absolute Gasteiger partial charge is 0.493 e. The molecule has 2 aromatic carbocycles. The number of nitrogens with one attached hydrogen (secondary N) is 1. The molecule has 0 saturated heterocycles. The second-order valence-electron chi connectivity index (χ2n) is 6.43. The predicted molar refractivity (Wildman–Crippen MR) is 116 cm³/mol. The highest BCUT2D eigenvalue weighted by Crippen LogP contribution is 2.34. The molecule has 1 heterocycles. The SMILES string of the molecule is C=CCN1C(=O)COc2ccc(NC(=O)/C=C/c3ccc(OCC)c(OC)c3)cc21. The molecule has 0 atom stereocenters. The van der Waals surface area contributed by atoms with Crippen LogP contribution < -0.4 is 24.4 Å². The standard InChI is InChI=1S/C23H24N2O5/c1-4-12-25-18-14-17(8-10-19(18)30-15-23(25)27)24-22(26)11-7-16-6-9-20(29-5-2)21(13-16)28-3/h4,6-11,13-14H,1,5,12,15H2,2-3H3,(H,24,26)/b11-7+. The highest BCUT2D eigenvalue weighted by Gasteiger charge is 2.24. The number of amides is 2. The van der Waals surface area contributed by atoms with E-state index in [-0.39, 0.29) is 18.4 Å². The molecular weight excluding hydrogens is 384 g/mol. The van der Waals surface area contributed by atoms with Gasteiger partial charge in [0.2, 0.25) is 5.91 Å². The van der Waals surface area contributed by atoms with E-state index in [4.69, 9.17) is 14.2 Å². The lowest BCUT2D eigenvalue weighted by Crippen LogP contribution is -2.38. The third-order valence-corrected chi connectivity index (χ3v) is 4.40. The summed E-state index contributed by atoms with van der Waals surface area (Å²) in [6.07, 6.45) is 4.76. The van der Waals surface area contributed by atoms with Gasteiger partial charge in [0.25, 0.3) is 5.91 Å². The van der Waals surface area contributed by atoms with Crippen LogP contribution in [0.1, 0.15) is 12.5 Å². The van der Waals surface area contributed by atoms with Gasteiger partial charge in [-0.05, 0) is 48.9 Å². The minimum atomic E-state index is -0.305. The molecule has 0 aromatic heterocycles. The van der Waals surface area contributed by atoms with E-state index in [1.54, 1.807) is 54.5 Å². The van der Waals surface area contributed by atoms with E-state index in [1.165, 1.54) is 6.08 Å². The van der Waals surface area contributed by atoms with E-state index < -0.39 is 0 Å². The average Bonchev–Trinajstić information content (AvgIpc) is 2.75. The topological polar surface area (TPSA) is 77.1 Å². The Kier molecular flexibility index (Phi) is 6.75. The Morgan fingerprint density at radius 1 is 1.27 bits per heavy atom. The Balaban J connectivity index is 1.72. The van der Waals surface area contributed by atoms with Crippen LogP contribution in [0.5, 0.6) is 17.2 Å². The molecule has 3 rings (SSSR count). The number of nitrogens with zero attached hydrogens (tertiary/aromatic N) is 1. The van der Waals surface area contributed by atoms with Crippen LogP contribution in [0.15, 0.2) is 55.1 Å². The maximum atomic E-state index is 12.4. The fraction of sp³-hybridized carbons (Fsp3) is 0.217. The number of carbonyl (C=O) groups is 2. The monoisotopic (exact) mass is 408 g/mol. The molecule has 0 unspecified atom stereocenters. The minimum Gasteiger partial charge on any atom is -0.493 e. The van der Waals surface area contributed by atoms with E-state index in [9.17, 15) is 9.59 Å². The average molecular weight is 408 g/mol. The Hall–Kier alpha value is -3.74. The van der Waals surface area contributed by atoms with Gasteiger partial charge in [-0.2, -0.15) is 0 Å². The Labute approximate surface area is 175 Å². The van der Waals surface area contributed by atoms with Gasteiger partial charge in [-0.1, -0.05) is 12.1 Å². The minimum absolute atomic E-state index is 0.0131. The molecule has 2 aromatic rings. The smallest absolute Gasteiger partial charge is 0.265 e. The van der Waals surface area contributed by atoms with E-state index in [1.807, 2.05) is 13.0 Å². The molecule has 0 fully saturated rings. The number of anilines is 2. The van der Waals surface area contributed by atoms with Crippen LogP contribution in [0.3, 0.4) is 0 Å². The van der Waals surface area contributed by atoms with Crippen molar-refractivity contribution in [2.45, 2.75) is 6.92 Å². The first kappa shape index (κ1) is 21.0. The van der Waals surface area contributed by atoms with Crippen molar-refractivity contribution in [3.63, 3.8) is 0 Å². The maximum absolute atomic E-state index is 12.4. The maximum Gasteiger partial charge on any atom is 0.265 e. The predicted octanol–water partition coefficient (Wildman–Crippen LogP) is 3.66. The van der Waals surface area contributed by atoms with Crippen LogP contribution in [0.25, 0.3) is 6.08 Å². The number of methoxy groups -OCH3 is 1. The van der Waals surface area contributed by atoms with E-state index in [0.29, 0.717) is 41.8 Å². The normalized spacial score (nSPS) is 12.9. The van der Waals surface area contributed by atoms with Crippen LogP contribution in [0.2, 0.25) is 0 Å². The summed E-state index contributed by atoms with van der Waals surface area (Å²) in [5, 5.41) is 2.80. The molecule has 7 heteroatoms. The lowest BCUT2D eigenvalue weighted by Gasteiger charge is -2.28. The van der Waals surface area contributed by atoms with Gasteiger partial charge in [-0.25, -0.2) is 0 Å². The number of hydrogen-bond acceptors (Lipinski definition) is 5. The summed E-state index contributed by atoms with van der Waals surface area (Å²) in [6, 6.07) is 10.6. The van der Waals surface area contributed by atoms with Crippen LogP contribution in [0.4, 0.5) is 11.4 Å². The Morgan fingerprint density at radius 2 is 2.10 bits per heavy atom. The second-order valence-corrected chi connectivity index (χ2v) is 6.43. The van der Waals surface area contributed by atoms with Crippen LogP contribution >= 0.6 is 0 Å². The second kappa shape index (κ2) is 9.65. The lowest BCUT2D eigenvalue weighted by molar-refractivity contribution is -0.121. The molecule has 0 bridgehead atoms. The molecule has 0 saturated carbocycles. The summed E-state index contributed by atoms with van der Waals surface area (Å²) < 4.78 is 16.3. The highest BCUT2D eigenvalue weighted by atomic mass is 16.5. The number of fused-ring (bicyclic) bond motifs is 1. The van der Waals surface area contributed by atoms with E-state index >= 15 is 0 Å². The van der Waals surface area contributed by atoms with Crippen molar-refractivity contribution in [2.75, 3.05) is 37.1 Å². The number of benzene rings is 2. The molecule has 2 amide bonds. The summed E-state index contributed by atoms with van der Waals surface area (Å²) >= 11 is 0.